The summed E-state index contributed by atoms with van der Waals surface area (Å²) in [4.78, 5) is 38.2. The summed E-state index contributed by atoms with van der Waals surface area (Å²) in [5.41, 5.74) is 0.994. The number of likely N-dealkylation sites (N-methyl/N-ethyl adjacent to an activating group) is 1. The lowest BCUT2D eigenvalue weighted by Crippen LogP contribution is -2.53. The van der Waals surface area contributed by atoms with Crippen LogP contribution in [0.15, 0.2) is 42.5 Å². The predicted molar refractivity (Wildman–Crippen MR) is 112 cm³/mol. The molecule has 2 aliphatic heterocycles. The summed E-state index contributed by atoms with van der Waals surface area (Å²) in [7, 11) is 1.68. The summed E-state index contributed by atoms with van der Waals surface area (Å²) in [6.07, 6.45) is 0.196. The molecule has 2 aliphatic rings. The van der Waals surface area contributed by atoms with Crippen molar-refractivity contribution in [2.75, 3.05) is 19.0 Å². The van der Waals surface area contributed by atoms with Gasteiger partial charge in [0, 0.05) is 18.3 Å². The molecule has 3 atom stereocenters. The van der Waals surface area contributed by atoms with Gasteiger partial charge in [-0.25, -0.2) is 4.39 Å². The Labute approximate surface area is 183 Å². The van der Waals surface area contributed by atoms with Gasteiger partial charge in [-0.3, -0.25) is 14.4 Å². The fourth-order valence-corrected chi connectivity index (χ4v) is 4.10. The van der Waals surface area contributed by atoms with Crippen molar-refractivity contribution in [3.8, 4) is 5.75 Å². The van der Waals surface area contributed by atoms with Gasteiger partial charge in [-0.1, -0.05) is 0 Å². The van der Waals surface area contributed by atoms with Gasteiger partial charge in [0.15, 0.2) is 0 Å². The van der Waals surface area contributed by atoms with Crippen LogP contribution in [0.4, 0.5) is 10.1 Å². The van der Waals surface area contributed by atoms with Crippen molar-refractivity contribution < 1.29 is 33.4 Å². The lowest BCUT2D eigenvalue weighted by atomic mass is 9.94. The van der Waals surface area contributed by atoms with E-state index in [9.17, 15) is 18.8 Å². The molecule has 0 unspecified atom stereocenters. The van der Waals surface area contributed by atoms with E-state index in [-0.39, 0.29) is 30.5 Å². The SMILES string of the molecule is CN1C(=O)c2cc(NC(=O)c3ccc(F)cc3)ccc2OC[C@H]2O[C@H](CC(=O)O)CC[C@H]21. The molecule has 0 radical (unpaired) electrons. The summed E-state index contributed by atoms with van der Waals surface area (Å²) in [5.74, 6) is -1.72. The zero-order chi connectivity index (χ0) is 22.8. The molecule has 32 heavy (non-hydrogen) atoms. The number of rotatable bonds is 4. The molecule has 0 spiro atoms. The summed E-state index contributed by atoms with van der Waals surface area (Å²) in [6, 6.07) is 9.66. The second kappa shape index (κ2) is 8.96. The molecule has 0 saturated carbocycles. The number of carbonyl (C=O) groups excluding carboxylic acids is 2. The standard InChI is InChI=1S/C23H23FN2O6/c1-26-18-8-7-16(11-21(27)28)32-20(18)12-31-19-9-6-15(10-17(19)23(26)30)25-22(29)13-2-4-14(24)5-3-13/h2-6,9-10,16,18,20H,7-8,11-12H2,1H3,(H,25,29)(H,27,28)/t16-,18+,20+/m0/s1. The molecule has 2 amide bonds. The van der Waals surface area contributed by atoms with Crippen LogP contribution in [0.25, 0.3) is 0 Å². The maximum absolute atomic E-state index is 13.2. The number of carboxylic acids is 1. The largest absolute Gasteiger partial charge is 0.490 e. The first-order valence-corrected chi connectivity index (χ1v) is 10.3. The van der Waals surface area contributed by atoms with Gasteiger partial charge in [0.05, 0.1) is 24.1 Å². The predicted octanol–water partition coefficient (Wildman–Crippen LogP) is 2.93. The number of benzene rings is 2. The Morgan fingerprint density at radius 2 is 1.94 bits per heavy atom. The molecular formula is C23H23FN2O6. The average Bonchev–Trinajstić information content (AvgIpc) is 2.76. The molecular weight excluding hydrogens is 419 g/mol. The minimum atomic E-state index is -0.926. The van der Waals surface area contributed by atoms with Crippen molar-refractivity contribution in [3.05, 3.63) is 59.4 Å². The Bertz CT molecular complexity index is 1040. The molecule has 1 fully saturated rings. The molecule has 2 aromatic carbocycles. The first-order chi connectivity index (χ1) is 15.3. The number of aliphatic carboxylic acids is 1. The third-order valence-corrected chi connectivity index (χ3v) is 5.78. The van der Waals surface area contributed by atoms with Crippen molar-refractivity contribution in [2.45, 2.75) is 37.5 Å². The van der Waals surface area contributed by atoms with Crippen LogP contribution in [-0.4, -0.2) is 59.7 Å². The molecule has 1 saturated heterocycles. The Kier molecular flexibility index (Phi) is 6.09. The van der Waals surface area contributed by atoms with Gasteiger partial charge in [0.2, 0.25) is 0 Å². The molecule has 168 valence electrons. The smallest absolute Gasteiger partial charge is 0.305 e. The maximum Gasteiger partial charge on any atom is 0.305 e. The Hall–Kier alpha value is -3.46. The molecule has 2 heterocycles. The van der Waals surface area contributed by atoms with Crippen LogP contribution >= 0.6 is 0 Å². The van der Waals surface area contributed by atoms with E-state index in [1.54, 1.807) is 30.1 Å². The quantitative estimate of drug-likeness (QED) is 0.754. The first-order valence-electron chi connectivity index (χ1n) is 10.3. The highest BCUT2D eigenvalue weighted by Crippen LogP contribution is 2.32. The van der Waals surface area contributed by atoms with Crippen molar-refractivity contribution in [1.82, 2.24) is 4.90 Å². The van der Waals surface area contributed by atoms with Gasteiger partial charge in [0.25, 0.3) is 11.8 Å². The minimum absolute atomic E-state index is 0.0887. The molecule has 2 N–H and O–H groups in total. The summed E-state index contributed by atoms with van der Waals surface area (Å²) < 4.78 is 24.9. The van der Waals surface area contributed by atoms with E-state index >= 15 is 0 Å². The van der Waals surface area contributed by atoms with Crippen molar-refractivity contribution in [3.63, 3.8) is 0 Å². The number of halogens is 1. The first kappa shape index (κ1) is 21.8. The van der Waals surface area contributed by atoms with E-state index in [0.717, 1.165) is 0 Å². The Morgan fingerprint density at radius 1 is 1.19 bits per heavy atom. The highest BCUT2D eigenvalue weighted by molar-refractivity contribution is 6.05. The van der Waals surface area contributed by atoms with E-state index in [1.165, 1.54) is 24.3 Å². The van der Waals surface area contributed by atoms with Crippen molar-refractivity contribution in [1.29, 1.82) is 0 Å². The number of amides is 2. The summed E-state index contributed by atoms with van der Waals surface area (Å²) in [6.45, 7) is 0.173. The number of carboxylic acid groups (broad SMARTS) is 1. The van der Waals surface area contributed by atoms with Gasteiger partial charge < -0.3 is 24.8 Å². The second-order valence-electron chi connectivity index (χ2n) is 7.94. The van der Waals surface area contributed by atoms with Gasteiger partial charge in [-0.15, -0.1) is 0 Å². The lowest BCUT2D eigenvalue weighted by Gasteiger charge is -2.42. The molecule has 0 aliphatic carbocycles. The third-order valence-electron chi connectivity index (χ3n) is 5.78. The zero-order valence-electron chi connectivity index (χ0n) is 17.4. The molecule has 0 aromatic heterocycles. The van der Waals surface area contributed by atoms with E-state index in [4.69, 9.17) is 14.6 Å². The Morgan fingerprint density at radius 3 is 2.66 bits per heavy atom. The lowest BCUT2D eigenvalue weighted by molar-refractivity contribution is -0.148. The minimum Gasteiger partial charge on any atom is -0.490 e. The van der Waals surface area contributed by atoms with Gasteiger partial charge >= 0.3 is 5.97 Å². The van der Waals surface area contributed by atoms with Gasteiger partial charge in [0.1, 0.15) is 24.3 Å². The summed E-state index contributed by atoms with van der Waals surface area (Å²) in [5, 5.41) is 11.7. The molecule has 0 bridgehead atoms. The van der Waals surface area contributed by atoms with Crippen molar-refractivity contribution in [2.24, 2.45) is 0 Å². The van der Waals surface area contributed by atoms with Crippen LogP contribution < -0.4 is 10.1 Å². The number of hydrogen-bond acceptors (Lipinski definition) is 5. The topological polar surface area (TPSA) is 105 Å². The maximum atomic E-state index is 13.2. The average molecular weight is 442 g/mol. The highest BCUT2D eigenvalue weighted by Gasteiger charge is 2.39. The van der Waals surface area contributed by atoms with Crippen LogP contribution in [0.1, 0.15) is 40.0 Å². The van der Waals surface area contributed by atoms with E-state index in [1.807, 2.05) is 0 Å². The van der Waals surface area contributed by atoms with Gasteiger partial charge in [-0.05, 0) is 55.3 Å². The molecule has 2 aromatic rings. The van der Waals surface area contributed by atoms with Crippen LogP contribution in [0, 0.1) is 5.82 Å². The van der Waals surface area contributed by atoms with E-state index in [0.29, 0.717) is 29.8 Å². The number of nitrogens with one attached hydrogen (secondary N) is 1. The number of fused-ring (bicyclic) bond motifs is 2. The molecule has 8 nitrogen and oxygen atoms in total. The van der Waals surface area contributed by atoms with Gasteiger partial charge in [-0.2, -0.15) is 0 Å². The zero-order valence-corrected chi connectivity index (χ0v) is 17.4. The number of hydrogen-bond donors (Lipinski definition) is 2. The highest BCUT2D eigenvalue weighted by atomic mass is 19.1. The number of carbonyl (C=O) groups is 3. The van der Waals surface area contributed by atoms with E-state index in [2.05, 4.69) is 5.32 Å². The Balaban J connectivity index is 1.53. The monoisotopic (exact) mass is 442 g/mol. The fourth-order valence-electron chi connectivity index (χ4n) is 4.10. The number of ether oxygens (including phenoxy) is 2. The normalized spacial score (nSPS) is 22.6. The second-order valence-corrected chi connectivity index (χ2v) is 7.94. The van der Waals surface area contributed by atoms with Crippen LogP contribution in [0.5, 0.6) is 5.75 Å². The van der Waals surface area contributed by atoms with Crippen LogP contribution in [-0.2, 0) is 9.53 Å². The third kappa shape index (κ3) is 4.57. The van der Waals surface area contributed by atoms with Crippen LogP contribution in [0.2, 0.25) is 0 Å². The number of nitrogens with zero attached hydrogens (tertiary/aromatic N) is 1. The van der Waals surface area contributed by atoms with Crippen molar-refractivity contribution >= 4 is 23.5 Å². The van der Waals surface area contributed by atoms with Crippen LogP contribution in [0.3, 0.4) is 0 Å². The fraction of sp³-hybridized carbons (Fsp3) is 0.348. The number of anilines is 1. The van der Waals surface area contributed by atoms with E-state index < -0.39 is 29.9 Å². The molecule has 4 rings (SSSR count). The molecule has 9 heteroatoms. The summed E-state index contributed by atoms with van der Waals surface area (Å²) >= 11 is 0.